The van der Waals surface area contributed by atoms with Crippen LogP contribution in [0.3, 0.4) is 0 Å². The Kier molecular flexibility index (Phi) is 4.42. The first kappa shape index (κ1) is 13.9. The SMILES string of the molecule is NCc1cccc(Cl)c1Sc1ccc([N+](=O)[O-])cc1. The number of hydrogen-bond donors (Lipinski definition) is 1. The number of hydrogen-bond acceptors (Lipinski definition) is 4. The molecule has 0 bridgehead atoms. The van der Waals surface area contributed by atoms with Gasteiger partial charge in [0.15, 0.2) is 0 Å². The van der Waals surface area contributed by atoms with Gasteiger partial charge in [0, 0.05) is 28.5 Å². The minimum Gasteiger partial charge on any atom is -0.326 e. The van der Waals surface area contributed by atoms with Crippen LogP contribution < -0.4 is 5.73 Å². The lowest BCUT2D eigenvalue weighted by Gasteiger charge is -2.09. The minimum absolute atomic E-state index is 0.0718. The molecule has 0 saturated carbocycles. The van der Waals surface area contributed by atoms with Crippen molar-refractivity contribution in [2.75, 3.05) is 0 Å². The van der Waals surface area contributed by atoms with Gasteiger partial charge in [-0.25, -0.2) is 0 Å². The Labute approximate surface area is 119 Å². The van der Waals surface area contributed by atoms with Crippen LogP contribution in [0.5, 0.6) is 0 Å². The van der Waals surface area contributed by atoms with E-state index in [0.29, 0.717) is 11.6 Å². The van der Waals surface area contributed by atoms with Crippen molar-refractivity contribution in [2.24, 2.45) is 5.73 Å². The van der Waals surface area contributed by atoms with E-state index in [1.807, 2.05) is 12.1 Å². The molecule has 0 unspecified atom stereocenters. The van der Waals surface area contributed by atoms with E-state index in [0.717, 1.165) is 15.4 Å². The van der Waals surface area contributed by atoms with E-state index in [1.54, 1.807) is 18.2 Å². The maximum Gasteiger partial charge on any atom is 0.269 e. The molecule has 0 aliphatic carbocycles. The monoisotopic (exact) mass is 294 g/mol. The van der Waals surface area contributed by atoms with Crippen LogP contribution in [-0.2, 0) is 6.54 Å². The molecule has 0 aromatic heterocycles. The molecule has 0 fully saturated rings. The van der Waals surface area contributed by atoms with Gasteiger partial charge in [0.1, 0.15) is 0 Å². The average molecular weight is 295 g/mol. The number of nitro benzene ring substituents is 1. The fraction of sp³-hybridized carbons (Fsp3) is 0.0769. The largest absolute Gasteiger partial charge is 0.326 e. The summed E-state index contributed by atoms with van der Waals surface area (Å²) in [6, 6.07) is 11.9. The number of nitrogens with zero attached hydrogens (tertiary/aromatic N) is 1. The molecule has 0 aliphatic rings. The van der Waals surface area contributed by atoms with Crippen LogP contribution in [0.25, 0.3) is 0 Å². The summed E-state index contributed by atoms with van der Waals surface area (Å²) in [5, 5.41) is 11.2. The summed E-state index contributed by atoms with van der Waals surface area (Å²) in [7, 11) is 0. The highest BCUT2D eigenvalue weighted by Gasteiger charge is 2.09. The maximum absolute atomic E-state index is 10.6. The Morgan fingerprint density at radius 1 is 1.21 bits per heavy atom. The lowest BCUT2D eigenvalue weighted by molar-refractivity contribution is -0.384. The second kappa shape index (κ2) is 6.06. The molecule has 0 amide bonds. The first-order valence-corrected chi connectivity index (χ1v) is 6.71. The first-order chi connectivity index (χ1) is 9.11. The molecule has 0 atom stereocenters. The van der Waals surface area contributed by atoms with Crippen molar-refractivity contribution < 1.29 is 4.92 Å². The summed E-state index contributed by atoms with van der Waals surface area (Å²) >= 11 is 7.61. The van der Waals surface area contributed by atoms with Gasteiger partial charge in [0.2, 0.25) is 0 Å². The molecule has 0 aliphatic heterocycles. The third kappa shape index (κ3) is 3.26. The second-order valence-electron chi connectivity index (χ2n) is 3.79. The Morgan fingerprint density at radius 2 is 1.89 bits per heavy atom. The topological polar surface area (TPSA) is 69.2 Å². The molecular weight excluding hydrogens is 284 g/mol. The predicted octanol–water partition coefficient (Wildman–Crippen LogP) is 3.86. The summed E-state index contributed by atoms with van der Waals surface area (Å²) in [6.45, 7) is 0.399. The zero-order chi connectivity index (χ0) is 13.8. The van der Waals surface area contributed by atoms with Gasteiger partial charge in [0.25, 0.3) is 5.69 Å². The zero-order valence-electron chi connectivity index (χ0n) is 9.88. The third-order valence-electron chi connectivity index (χ3n) is 2.54. The molecule has 0 spiro atoms. The van der Waals surface area contributed by atoms with Crippen LogP contribution in [0.15, 0.2) is 52.3 Å². The van der Waals surface area contributed by atoms with Crippen molar-refractivity contribution >= 4 is 29.1 Å². The molecule has 0 radical (unpaired) electrons. The molecule has 0 saturated heterocycles. The molecule has 4 nitrogen and oxygen atoms in total. The summed E-state index contributed by atoms with van der Waals surface area (Å²) in [5.74, 6) is 0. The van der Waals surface area contributed by atoms with Crippen molar-refractivity contribution in [3.05, 3.63) is 63.2 Å². The number of rotatable bonds is 4. The fourth-order valence-electron chi connectivity index (χ4n) is 1.58. The summed E-state index contributed by atoms with van der Waals surface area (Å²) in [5.41, 5.74) is 6.70. The third-order valence-corrected chi connectivity index (χ3v) is 4.16. The van der Waals surface area contributed by atoms with Crippen LogP contribution in [0.4, 0.5) is 5.69 Å². The molecule has 2 aromatic rings. The summed E-state index contributed by atoms with van der Waals surface area (Å²) < 4.78 is 0. The normalized spacial score (nSPS) is 10.4. The lowest BCUT2D eigenvalue weighted by Crippen LogP contribution is -1.98. The Hall–Kier alpha value is -1.56. The predicted molar refractivity (Wildman–Crippen MR) is 76.6 cm³/mol. The van der Waals surface area contributed by atoms with Gasteiger partial charge in [-0.05, 0) is 23.8 Å². The molecule has 6 heteroatoms. The lowest BCUT2D eigenvalue weighted by atomic mass is 10.2. The van der Waals surface area contributed by atoms with Crippen molar-refractivity contribution in [3.8, 4) is 0 Å². The summed E-state index contributed by atoms with van der Waals surface area (Å²) in [6.07, 6.45) is 0. The Morgan fingerprint density at radius 3 is 2.47 bits per heavy atom. The van der Waals surface area contributed by atoms with E-state index in [9.17, 15) is 10.1 Å². The standard InChI is InChI=1S/C13H11ClN2O2S/c14-12-3-1-2-9(8-15)13(12)19-11-6-4-10(5-7-11)16(17)18/h1-7H,8,15H2. The van der Waals surface area contributed by atoms with E-state index >= 15 is 0 Å². The van der Waals surface area contributed by atoms with E-state index in [4.69, 9.17) is 17.3 Å². The summed E-state index contributed by atoms with van der Waals surface area (Å²) in [4.78, 5) is 11.9. The maximum atomic E-state index is 10.6. The molecule has 98 valence electrons. The van der Waals surface area contributed by atoms with Crippen molar-refractivity contribution in [1.82, 2.24) is 0 Å². The number of nitro groups is 1. The van der Waals surface area contributed by atoms with Gasteiger partial charge in [-0.2, -0.15) is 0 Å². The number of halogens is 1. The van der Waals surface area contributed by atoms with Gasteiger partial charge in [-0.1, -0.05) is 35.5 Å². The number of non-ortho nitro benzene ring substituents is 1. The Balaban J connectivity index is 2.28. The van der Waals surface area contributed by atoms with Crippen LogP contribution >= 0.6 is 23.4 Å². The van der Waals surface area contributed by atoms with Gasteiger partial charge < -0.3 is 5.73 Å². The number of benzene rings is 2. The van der Waals surface area contributed by atoms with Crippen molar-refractivity contribution in [3.63, 3.8) is 0 Å². The molecule has 2 rings (SSSR count). The first-order valence-electron chi connectivity index (χ1n) is 5.51. The highest BCUT2D eigenvalue weighted by Crippen LogP contribution is 2.36. The van der Waals surface area contributed by atoms with Gasteiger partial charge in [0.05, 0.1) is 9.95 Å². The Bertz CT molecular complexity index is 602. The van der Waals surface area contributed by atoms with E-state index < -0.39 is 4.92 Å². The van der Waals surface area contributed by atoms with Crippen LogP contribution in [0, 0.1) is 10.1 Å². The van der Waals surface area contributed by atoms with Crippen molar-refractivity contribution in [2.45, 2.75) is 16.3 Å². The minimum atomic E-state index is -0.421. The van der Waals surface area contributed by atoms with Crippen LogP contribution in [0.1, 0.15) is 5.56 Å². The molecular formula is C13H11ClN2O2S. The van der Waals surface area contributed by atoms with Gasteiger partial charge in [-0.3, -0.25) is 10.1 Å². The molecule has 19 heavy (non-hydrogen) atoms. The molecule has 2 N–H and O–H groups in total. The smallest absolute Gasteiger partial charge is 0.269 e. The molecule has 0 heterocycles. The van der Waals surface area contributed by atoms with Crippen LogP contribution in [-0.4, -0.2) is 4.92 Å². The van der Waals surface area contributed by atoms with E-state index in [-0.39, 0.29) is 5.69 Å². The van der Waals surface area contributed by atoms with Crippen LogP contribution in [0.2, 0.25) is 5.02 Å². The second-order valence-corrected chi connectivity index (χ2v) is 5.28. The van der Waals surface area contributed by atoms with Gasteiger partial charge in [-0.15, -0.1) is 0 Å². The highest BCUT2D eigenvalue weighted by molar-refractivity contribution is 7.99. The van der Waals surface area contributed by atoms with E-state index in [2.05, 4.69) is 0 Å². The van der Waals surface area contributed by atoms with E-state index in [1.165, 1.54) is 23.9 Å². The van der Waals surface area contributed by atoms with Crippen molar-refractivity contribution in [1.29, 1.82) is 0 Å². The van der Waals surface area contributed by atoms with Gasteiger partial charge >= 0.3 is 0 Å². The zero-order valence-corrected chi connectivity index (χ0v) is 11.4. The molecule has 2 aromatic carbocycles. The highest BCUT2D eigenvalue weighted by atomic mass is 35.5. The number of nitrogens with two attached hydrogens (primary N) is 1. The quantitative estimate of drug-likeness (QED) is 0.687. The average Bonchev–Trinajstić information content (AvgIpc) is 2.41. The fourth-order valence-corrected chi connectivity index (χ4v) is 2.85.